The van der Waals surface area contributed by atoms with E-state index in [9.17, 15) is 4.79 Å². The van der Waals surface area contributed by atoms with E-state index in [1.807, 2.05) is 31.2 Å². The Morgan fingerprint density at radius 1 is 0.794 bits per heavy atom. The van der Waals surface area contributed by atoms with Gasteiger partial charge in [-0.3, -0.25) is 14.6 Å². The van der Waals surface area contributed by atoms with Gasteiger partial charge in [-0.15, -0.1) is 0 Å². The van der Waals surface area contributed by atoms with Gasteiger partial charge in [-0.05, 0) is 64.9 Å². The van der Waals surface area contributed by atoms with Crippen molar-refractivity contribution in [3.8, 4) is 28.4 Å². The minimum absolute atomic E-state index is 0.0987. The molecule has 5 rings (SSSR count). The topological polar surface area (TPSA) is 77.3 Å². The number of nitrogens with zero attached hydrogens (tertiary/aromatic N) is 2. The molecule has 2 saturated heterocycles. The lowest BCUT2D eigenvalue weighted by Crippen LogP contribution is -2.25. The zero-order valence-corrected chi connectivity index (χ0v) is 20.1. The van der Waals surface area contributed by atoms with Crippen LogP contribution < -0.4 is 19.9 Å². The molecular formula is C27H35N3O4. The van der Waals surface area contributed by atoms with E-state index in [1.165, 1.54) is 25.7 Å². The Balaban J connectivity index is 1.42. The summed E-state index contributed by atoms with van der Waals surface area (Å²) in [5.74, 6) is 1.73. The molecule has 2 aliphatic heterocycles. The fourth-order valence-electron chi connectivity index (χ4n) is 5.34. The number of hydrogen-bond donors (Lipinski definition) is 1. The highest BCUT2D eigenvalue weighted by atomic mass is 16.5. The largest absolute Gasteiger partial charge is 0.493 e. The van der Waals surface area contributed by atoms with E-state index in [0.717, 1.165) is 50.4 Å². The van der Waals surface area contributed by atoms with Crippen LogP contribution in [-0.2, 0) is 0 Å². The summed E-state index contributed by atoms with van der Waals surface area (Å²) in [7, 11) is 0. The van der Waals surface area contributed by atoms with E-state index in [4.69, 9.17) is 19.9 Å². The van der Waals surface area contributed by atoms with Crippen LogP contribution >= 0.6 is 0 Å². The third-order valence-electron chi connectivity index (χ3n) is 7.07. The molecule has 2 N–H and O–H groups in total. The summed E-state index contributed by atoms with van der Waals surface area (Å²) in [6.07, 6.45) is 4.99. The maximum atomic E-state index is 13.5. The zero-order valence-electron chi connectivity index (χ0n) is 20.1. The number of anilines is 1. The summed E-state index contributed by atoms with van der Waals surface area (Å²) >= 11 is 0. The fourth-order valence-corrected chi connectivity index (χ4v) is 5.34. The van der Waals surface area contributed by atoms with E-state index < -0.39 is 0 Å². The van der Waals surface area contributed by atoms with Crippen LogP contribution in [0, 0.1) is 0 Å². The van der Waals surface area contributed by atoms with E-state index in [2.05, 4.69) is 9.80 Å². The van der Waals surface area contributed by atoms with Gasteiger partial charge in [-0.1, -0.05) is 12.1 Å². The molecule has 0 unspecified atom stereocenters. The molecule has 34 heavy (non-hydrogen) atoms. The van der Waals surface area contributed by atoms with Gasteiger partial charge in [0.15, 0.2) is 5.78 Å². The normalized spacial score (nSPS) is 17.7. The number of carbonyl (C=O) groups is 1. The first-order valence-electron chi connectivity index (χ1n) is 12.6. The monoisotopic (exact) mass is 465 g/mol. The number of nitrogens with two attached hydrogens (primary N) is 1. The van der Waals surface area contributed by atoms with E-state index in [-0.39, 0.29) is 5.78 Å². The number of hydrogen-bond acceptors (Lipinski definition) is 7. The molecule has 0 saturated carbocycles. The van der Waals surface area contributed by atoms with Gasteiger partial charge in [0.05, 0.1) is 17.9 Å². The minimum Gasteiger partial charge on any atom is -0.493 e. The second-order valence-corrected chi connectivity index (χ2v) is 9.27. The van der Waals surface area contributed by atoms with Crippen molar-refractivity contribution in [3.05, 3.63) is 35.4 Å². The summed E-state index contributed by atoms with van der Waals surface area (Å²) in [6, 6.07) is 7.48. The first kappa shape index (κ1) is 23.0. The number of ketones is 1. The first-order valence-corrected chi connectivity index (χ1v) is 12.6. The van der Waals surface area contributed by atoms with Crippen LogP contribution in [0.5, 0.6) is 17.2 Å². The first-order chi connectivity index (χ1) is 16.7. The Morgan fingerprint density at radius 2 is 1.41 bits per heavy atom. The summed E-state index contributed by atoms with van der Waals surface area (Å²) < 4.78 is 18.3. The average Bonchev–Trinajstić information content (AvgIpc) is 3.59. The molecule has 1 aliphatic carbocycles. The molecule has 0 bridgehead atoms. The minimum atomic E-state index is -0.0987. The Hall–Kier alpha value is -2.77. The van der Waals surface area contributed by atoms with Gasteiger partial charge in [0, 0.05) is 35.8 Å². The number of likely N-dealkylation sites (tertiary alicyclic amines) is 2. The van der Waals surface area contributed by atoms with Crippen molar-refractivity contribution in [3.63, 3.8) is 0 Å². The number of carbonyl (C=O) groups excluding carboxylic acids is 1. The van der Waals surface area contributed by atoms with Crippen LogP contribution in [-0.4, -0.2) is 74.7 Å². The van der Waals surface area contributed by atoms with Gasteiger partial charge in [0.1, 0.15) is 30.5 Å². The second kappa shape index (κ2) is 10.2. The molecule has 0 aromatic heterocycles. The summed E-state index contributed by atoms with van der Waals surface area (Å²) in [6.45, 7) is 9.74. The second-order valence-electron chi connectivity index (χ2n) is 9.27. The third kappa shape index (κ3) is 4.46. The molecule has 7 heteroatoms. The van der Waals surface area contributed by atoms with Crippen molar-refractivity contribution in [2.45, 2.75) is 32.6 Å². The predicted octanol–water partition coefficient (Wildman–Crippen LogP) is 3.83. The zero-order chi connectivity index (χ0) is 23.5. The number of ether oxygens (including phenoxy) is 3. The van der Waals surface area contributed by atoms with Gasteiger partial charge in [0.2, 0.25) is 0 Å². The van der Waals surface area contributed by atoms with Gasteiger partial charge >= 0.3 is 0 Å². The maximum absolute atomic E-state index is 13.5. The highest BCUT2D eigenvalue weighted by Gasteiger charge is 2.36. The lowest BCUT2D eigenvalue weighted by molar-refractivity contribution is 0.104. The van der Waals surface area contributed by atoms with Crippen LogP contribution in [0.1, 0.15) is 48.5 Å². The van der Waals surface area contributed by atoms with Gasteiger partial charge in [0.25, 0.3) is 0 Å². The molecule has 2 fully saturated rings. The van der Waals surface area contributed by atoms with E-state index in [0.29, 0.717) is 53.9 Å². The van der Waals surface area contributed by atoms with Crippen molar-refractivity contribution in [2.24, 2.45) is 0 Å². The molecule has 0 radical (unpaired) electrons. The highest BCUT2D eigenvalue weighted by Crippen LogP contribution is 2.52. The summed E-state index contributed by atoms with van der Waals surface area (Å²) in [5.41, 5.74) is 9.49. The Labute approximate surface area is 201 Å². The Bertz CT molecular complexity index is 1040. The molecule has 0 spiro atoms. The highest BCUT2D eigenvalue weighted by molar-refractivity contribution is 6.26. The Morgan fingerprint density at radius 3 is 2.03 bits per heavy atom. The van der Waals surface area contributed by atoms with Crippen LogP contribution in [0.15, 0.2) is 24.3 Å². The molecule has 3 aliphatic rings. The molecule has 2 heterocycles. The van der Waals surface area contributed by atoms with Crippen molar-refractivity contribution in [2.75, 3.05) is 64.8 Å². The van der Waals surface area contributed by atoms with Crippen LogP contribution in [0.3, 0.4) is 0 Å². The molecule has 182 valence electrons. The fraction of sp³-hybridized carbons (Fsp3) is 0.519. The van der Waals surface area contributed by atoms with Crippen LogP contribution in [0.25, 0.3) is 11.1 Å². The van der Waals surface area contributed by atoms with Crippen molar-refractivity contribution in [1.29, 1.82) is 0 Å². The molecule has 0 amide bonds. The number of rotatable bonds is 10. The quantitative estimate of drug-likeness (QED) is 0.456. The SMILES string of the molecule is CCOc1cc(OCCN2CCCC2)c(N)c2c1-c1c(OCCN3CCCC3)cccc1C2=O. The van der Waals surface area contributed by atoms with Crippen molar-refractivity contribution < 1.29 is 19.0 Å². The number of nitrogen functional groups attached to an aromatic ring is 1. The van der Waals surface area contributed by atoms with E-state index in [1.54, 1.807) is 0 Å². The van der Waals surface area contributed by atoms with Gasteiger partial charge in [-0.25, -0.2) is 0 Å². The lowest BCUT2D eigenvalue weighted by atomic mass is 10.0. The average molecular weight is 466 g/mol. The maximum Gasteiger partial charge on any atom is 0.196 e. The van der Waals surface area contributed by atoms with Gasteiger partial charge < -0.3 is 19.9 Å². The summed E-state index contributed by atoms with van der Waals surface area (Å²) in [5, 5.41) is 0. The molecule has 0 atom stereocenters. The number of benzene rings is 2. The number of fused-ring (bicyclic) bond motifs is 3. The van der Waals surface area contributed by atoms with Crippen molar-refractivity contribution >= 4 is 11.5 Å². The Kier molecular flexibility index (Phi) is 6.92. The molecular weight excluding hydrogens is 430 g/mol. The molecule has 7 nitrogen and oxygen atoms in total. The van der Waals surface area contributed by atoms with Gasteiger partial charge in [-0.2, -0.15) is 0 Å². The molecule has 2 aromatic rings. The predicted molar refractivity (Wildman–Crippen MR) is 133 cm³/mol. The van der Waals surface area contributed by atoms with Crippen molar-refractivity contribution in [1.82, 2.24) is 9.80 Å². The smallest absolute Gasteiger partial charge is 0.196 e. The lowest BCUT2D eigenvalue weighted by Gasteiger charge is -2.19. The summed E-state index contributed by atoms with van der Waals surface area (Å²) in [4.78, 5) is 18.3. The van der Waals surface area contributed by atoms with E-state index >= 15 is 0 Å². The standard InChI is InChI=1S/C27H35N3O4/c1-2-32-21-18-22(34-17-15-30-12-5-6-13-30)26(28)25-24(21)23-19(27(25)31)8-7-9-20(23)33-16-14-29-10-3-4-11-29/h7-9,18H,2-6,10-17,28H2,1H3. The third-order valence-corrected chi connectivity index (χ3v) is 7.07. The molecule has 2 aromatic carbocycles. The van der Waals surface area contributed by atoms with Crippen LogP contribution in [0.4, 0.5) is 5.69 Å². The van der Waals surface area contributed by atoms with Crippen LogP contribution in [0.2, 0.25) is 0 Å².